The molecule has 0 unspecified atom stereocenters. The molecule has 294 valence electrons. The predicted octanol–water partition coefficient (Wildman–Crippen LogP) is 4.19. The topological polar surface area (TPSA) is 164 Å². The number of aliphatic hydroxyl groups is 1. The van der Waals surface area contributed by atoms with Crippen LogP contribution in [0.1, 0.15) is 68.9 Å². The Morgan fingerprint density at radius 3 is 2.62 bits per heavy atom. The highest BCUT2D eigenvalue weighted by Crippen LogP contribution is 2.64. The van der Waals surface area contributed by atoms with Gasteiger partial charge < -0.3 is 43.6 Å². The van der Waals surface area contributed by atoms with E-state index in [9.17, 15) is 19.8 Å². The molecule has 0 saturated carbocycles. The average molecular weight is 785 g/mol. The number of nitrogens with one attached hydrogen (secondary N) is 2. The van der Waals surface area contributed by atoms with Crippen molar-refractivity contribution in [3.8, 4) is 34.5 Å². The second kappa shape index (κ2) is 12.7. The normalized spacial score (nSPS) is 28.9. The van der Waals surface area contributed by atoms with E-state index in [0.717, 1.165) is 44.6 Å². The maximum absolute atomic E-state index is 14.9. The molecule has 4 N–H and O–H groups in total. The summed E-state index contributed by atoms with van der Waals surface area (Å²) in [5.74, 6) is 1.73. The third kappa shape index (κ3) is 4.71. The van der Waals surface area contributed by atoms with E-state index in [1.165, 1.54) is 18.7 Å². The molecule has 14 nitrogen and oxygen atoms in total. The number of methoxy groups -OCH3 is 2. The first-order valence-electron chi connectivity index (χ1n) is 18.9. The van der Waals surface area contributed by atoms with Gasteiger partial charge in [-0.3, -0.25) is 19.9 Å². The summed E-state index contributed by atoms with van der Waals surface area (Å²) in [6.45, 7) is 5.46. The number of ether oxygens (including phenoxy) is 6. The molecule has 1 aromatic heterocycles. The standard InChI is InChI=1S/C41H44N4O10S/c1-17-11-20-12-25-39(48)45-26-14-52-40(49)41(38-22(9-10-42-41)23-13-21(50-5)7-8-24(23)43-38)15-56-37(31(45)30(44(25)4)27(20)32(47)33(17)51-6)29-28(26)36-35(53-16-54-36)18(2)34(29)55-19(3)46/h7-8,11,13,25-26,30-31,37,39,42-43,47-48H,9-10,12,14-16H2,1-6H3/t25-,26-,30+,31+,37+,39+,41-/m0/s1. The zero-order chi connectivity index (χ0) is 38.9. The van der Waals surface area contributed by atoms with Gasteiger partial charge in [0.15, 0.2) is 28.5 Å². The van der Waals surface area contributed by atoms with E-state index in [-0.39, 0.29) is 30.9 Å². The van der Waals surface area contributed by atoms with E-state index >= 15 is 0 Å². The lowest BCUT2D eigenvalue weighted by atomic mass is 9.73. The zero-order valence-electron chi connectivity index (χ0n) is 32.0. The first-order chi connectivity index (χ1) is 27.0. The molecule has 0 radical (unpaired) electrons. The molecule has 2 fully saturated rings. The Kier molecular flexibility index (Phi) is 8.08. The number of thioether (sulfide) groups is 1. The Morgan fingerprint density at radius 2 is 1.86 bits per heavy atom. The van der Waals surface area contributed by atoms with Crippen molar-refractivity contribution in [1.29, 1.82) is 0 Å². The summed E-state index contributed by atoms with van der Waals surface area (Å²) in [7, 11) is 5.17. The van der Waals surface area contributed by atoms with Crippen LogP contribution in [-0.2, 0) is 32.7 Å². The van der Waals surface area contributed by atoms with E-state index in [0.29, 0.717) is 59.1 Å². The predicted molar refractivity (Wildman–Crippen MR) is 205 cm³/mol. The van der Waals surface area contributed by atoms with Gasteiger partial charge >= 0.3 is 11.9 Å². The minimum Gasteiger partial charge on any atom is -0.504 e. The molecule has 7 aliphatic rings. The van der Waals surface area contributed by atoms with Gasteiger partial charge in [0.05, 0.1) is 43.3 Å². The number of piperazine rings is 1. The number of hydrogen-bond acceptors (Lipinski definition) is 14. The molecule has 4 bridgehead atoms. The minimum absolute atomic E-state index is 0.0439. The summed E-state index contributed by atoms with van der Waals surface area (Å²) >= 11 is 1.53. The van der Waals surface area contributed by atoms with Crippen LogP contribution in [0.25, 0.3) is 10.9 Å². The number of benzene rings is 3. The number of hydrogen-bond donors (Lipinski definition) is 4. The second-order valence-electron chi connectivity index (χ2n) is 15.6. The number of aryl methyl sites for hydroxylation is 1. The fourth-order valence-electron chi connectivity index (χ4n) is 10.6. The molecule has 15 heteroatoms. The average Bonchev–Trinajstić information content (AvgIpc) is 3.82. The molecule has 2 saturated heterocycles. The summed E-state index contributed by atoms with van der Waals surface area (Å²) in [6.07, 6.45) is 0.129. The van der Waals surface area contributed by atoms with Gasteiger partial charge in [-0.15, -0.1) is 11.8 Å². The number of phenolic OH excluding ortho intramolecular Hbond substituents is 1. The van der Waals surface area contributed by atoms with Crippen molar-refractivity contribution in [2.75, 3.05) is 47.0 Å². The maximum atomic E-state index is 14.9. The number of likely N-dealkylation sites (N-methyl/N-ethyl adjacent to an activating group) is 1. The molecule has 4 aromatic rings. The lowest BCUT2D eigenvalue weighted by Gasteiger charge is -2.62. The first-order valence-corrected chi connectivity index (χ1v) is 20.0. The molecule has 56 heavy (non-hydrogen) atoms. The zero-order valence-corrected chi connectivity index (χ0v) is 32.8. The summed E-state index contributed by atoms with van der Waals surface area (Å²) in [4.78, 5) is 35.6. The molecular formula is C41H44N4O10S. The van der Waals surface area contributed by atoms with Crippen LogP contribution in [0, 0.1) is 13.8 Å². The lowest BCUT2D eigenvalue weighted by molar-refractivity contribution is -0.186. The molecule has 1 spiro atoms. The summed E-state index contributed by atoms with van der Waals surface area (Å²) < 4.78 is 36.2. The van der Waals surface area contributed by atoms with Crippen LogP contribution in [0.4, 0.5) is 0 Å². The largest absolute Gasteiger partial charge is 0.504 e. The van der Waals surface area contributed by atoms with Gasteiger partial charge in [0.2, 0.25) is 6.79 Å². The maximum Gasteiger partial charge on any atom is 0.333 e. The monoisotopic (exact) mass is 784 g/mol. The van der Waals surface area contributed by atoms with Crippen molar-refractivity contribution in [3.05, 3.63) is 68.9 Å². The number of aromatic hydroxyl groups is 1. The Hall–Kier alpha value is -4.67. The van der Waals surface area contributed by atoms with Crippen molar-refractivity contribution in [1.82, 2.24) is 20.1 Å². The Morgan fingerprint density at radius 1 is 1.05 bits per heavy atom. The number of rotatable bonds is 3. The Bertz CT molecular complexity index is 2360. The molecule has 3 aromatic carbocycles. The van der Waals surface area contributed by atoms with E-state index in [1.54, 1.807) is 14.2 Å². The third-order valence-electron chi connectivity index (χ3n) is 12.9. The van der Waals surface area contributed by atoms with Crippen LogP contribution in [0.2, 0.25) is 0 Å². The SMILES string of the molecule is COc1ccc2[nH]c3c(c2c1)CCN[C@@]31CS[C@@H]2c3c(OC(C)=O)c(C)c4c(c3[C@H](COC1=O)N1[C@@H]2[C@H]2c3c(cc(C)c(OC)c3O)C[C@@H]([C@H]1O)N2C)OCO4. The van der Waals surface area contributed by atoms with Gasteiger partial charge in [-0.25, -0.2) is 4.79 Å². The summed E-state index contributed by atoms with van der Waals surface area (Å²) in [5.41, 5.74) is 5.79. The number of fused-ring (bicyclic) bond motifs is 11. The van der Waals surface area contributed by atoms with Crippen LogP contribution in [-0.4, -0.2) is 102 Å². The van der Waals surface area contributed by atoms with E-state index in [2.05, 4.69) is 15.2 Å². The highest BCUT2D eigenvalue weighted by molar-refractivity contribution is 7.99. The molecule has 0 aliphatic carbocycles. The molecular weight excluding hydrogens is 741 g/mol. The van der Waals surface area contributed by atoms with Crippen LogP contribution in [0.5, 0.6) is 34.5 Å². The number of aromatic nitrogens is 1. The number of carbonyl (C=O) groups excluding carboxylic acids is 2. The van der Waals surface area contributed by atoms with Crippen LogP contribution in [0.15, 0.2) is 24.3 Å². The number of aromatic amines is 1. The van der Waals surface area contributed by atoms with Gasteiger partial charge in [-0.2, -0.15) is 0 Å². The van der Waals surface area contributed by atoms with Crippen molar-refractivity contribution in [3.63, 3.8) is 0 Å². The van der Waals surface area contributed by atoms with Crippen LogP contribution in [0.3, 0.4) is 0 Å². The van der Waals surface area contributed by atoms with Crippen molar-refractivity contribution < 1.29 is 48.2 Å². The number of aliphatic hydroxyl groups excluding tert-OH is 1. The number of esters is 2. The number of carbonyl (C=O) groups is 2. The molecule has 7 aliphatic heterocycles. The lowest BCUT2D eigenvalue weighted by Crippen LogP contribution is -2.70. The van der Waals surface area contributed by atoms with Gasteiger partial charge in [-0.1, -0.05) is 6.07 Å². The van der Waals surface area contributed by atoms with E-state index < -0.39 is 47.1 Å². The quantitative estimate of drug-likeness (QED) is 0.173. The number of phenols is 1. The van der Waals surface area contributed by atoms with E-state index in [1.807, 2.05) is 50.1 Å². The van der Waals surface area contributed by atoms with Crippen molar-refractivity contribution >= 4 is 34.6 Å². The van der Waals surface area contributed by atoms with Gasteiger partial charge in [0.25, 0.3) is 0 Å². The third-order valence-corrected chi connectivity index (χ3v) is 14.4. The molecule has 11 rings (SSSR count). The summed E-state index contributed by atoms with van der Waals surface area (Å²) in [6, 6.07) is 5.77. The minimum atomic E-state index is -1.28. The highest BCUT2D eigenvalue weighted by atomic mass is 32.2. The smallest absolute Gasteiger partial charge is 0.333 e. The number of H-pyrrole nitrogens is 1. The highest BCUT2D eigenvalue weighted by Gasteiger charge is 2.61. The van der Waals surface area contributed by atoms with Gasteiger partial charge in [0, 0.05) is 58.4 Å². The summed E-state index contributed by atoms with van der Waals surface area (Å²) in [5, 5.41) is 28.7. The molecule has 0 amide bonds. The Balaban J connectivity index is 1.23. The van der Waals surface area contributed by atoms with Gasteiger partial charge in [0.1, 0.15) is 24.3 Å². The van der Waals surface area contributed by atoms with E-state index in [4.69, 9.17) is 28.4 Å². The van der Waals surface area contributed by atoms with Crippen LogP contribution < -0.4 is 29.0 Å². The number of nitrogens with zero attached hydrogens (tertiary/aromatic N) is 2. The van der Waals surface area contributed by atoms with Gasteiger partial charge in [-0.05, 0) is 68.6 Å². The van der Waals surface area contributed by atoms with Crippen molar-refractivity contribution in [2.24, 2.45) is 0 Å². The second-order valence-corrected chi connectivity index (χ2v) is 16.8. The first kappa shape index (κ1) is 35.7. The van der Waals surface area contributed by atoms with Crippen molar-refractivity contribution in [2.45, 2.75) is 74.8 Å². The molecule has 7 atom stereocenters. The molecule has 8 heterocycles. The fraction of sp³-hybridized carbons (Fsp3) is 0.463. The fourth-order valence-corrected chi connectivity index (χ4v) is 12.2. The van der Waals surface area contributed by atoms with Crippen LogP contribution >= 0.6 is 11.8 Å². The Labute approximate surface area is 327 Å².